The summed E-state index contributed by atoms with van der Waals surface area (Å²) < 4.78 is 41.5. The van der Waals surface area contributed by atoms with Crippen LogP contribution in [0.3, 0.4) is 0 Å². The number of ether oxygens (including phenoxy) is 1. The minimum Gasteiger partial charge on any atom is -0.477 e. The van der Waals surface area contributed by atoms with E-state index >= 15 is 0 Å². The molecule has 1 aliphatic rings. The minimum atomic E-state index is -4.45. The van der Waals surface area contributed by atoms with Gasteiger partial charge in [-0.05, 0) is 18.1 Å². The smallest absolute Gasteiger partial charge is 0.457 e. The van der Waals surface area contributed by atoms with Crippen LogP contribution in [0.15, 0.2) is 35.8 Å². The van der Waals surface area contributed by atoms with Crippen molar-refractivity contribution in [1.82, 2.24) is 0 Å². The molecule has 0 atom stereocenters. The van der Waals surface area contributed by atoms with Gasteiger partial charge in [-0.15, -0.1) is 0 Å². The maximum Gasteiger partial charge on any atom is 0.457 e. The largest absolute Gasteiger partial charge is 0.477 e. The first kappa shape index (κ1) is 10.8. The molecule has 1 heterocycles. The second kappa shape index (κ2) is 3.72. The molecular weight excluding hydrogens is 217 g/mol. The summed E-state index contributed by atoms with van der Waals surface area (Å²) in [5, 5.41) is 0. The summed E-state index contributed by atoms with van der Waals surface area (Å²) in [5.41, 5.74) is 4.39. The number of hydrogen-bond donors (Lipinski definition) is 0. The van der Waals surface area contributed by atoms with Gasteiger partial charge in [-0.25, -0.2) is 0 Å². The third kappa shape index (κ3) is 1.97. The summed E-state index contributed by atoms with van der Waals surface area (Å²) in [6.07, 6.45) is -4.45. The molecule has 2 rings (SSSR count). The zero-order valence-corrected chi connectivity index (χ0v) is 8.56. The van der Waals surface area contributed by atoms with Gasteiger partial charge in [0.1, 0.15) is 6.61 Å². The van der Waals surface area contributed by atoms with E-state index in [4.69, 9.17) is 0 Å². The maximum absolute atomic E-state index is 12.3. The SMILES string of the molecule is Cc1ccccc1C1=C=C(C(F)(F)F)OC1. The number of alkyl halides is 3. The lowest BCUT2D eigenvalue weighted by Gasteiger charge is -2.06. The third-order valence-corrected chi connectivity index (χ3v) is 2.35. The van der Waals surface area contributed by atoms with Crippen LogP contribution < -0.4 is 0 Å². The lowest BCUT2D eigenvalue weighted by molar-refractivity contribution is -0.126. The third-order valence-electron chi connectivity index (χ3n) is 2.35. The fraction of sp³-hybridized carbons (Fsp3) is 0.250. The van der Waals surface area contributed by atoms with Crippen molar-refractivity contribution in [3.05, 3.63) is 46.9 Å². The molecular formula is C12H9F3O. The fourth-order valence-corrected chi connectivity index (χ4v) is 1.56. The second-order valence-corrected chi connectivity index (χ2v) is 3.53. The standard InChI is InChI=1S/C12H9F3O/c1-8-4-2-3-5-10(8)9-6-11(16-7-9)12(13,14)15/h2-5H,7H2,1H3. The average molecular weight is 226 g/mol. The zero-order chi connectivity index (χ0) is 11.8. The van der Waals surface area contributed by atoms with Crippen LogP contribution in [0.2, 0.25) is 0 Å². The minimum absolute atomic E-state index is 0.0697. The molecule has 1 nitrogen and oxygen atoms in total. The first-order chi connectivity index (χ1) is 7.48. The van der Waals surface area contributed by atoms with Crippen LogP contribution in [-0.2, 0) is 4.74 Å². The molecule has 0 unspecified atom stereocenters. The van der Waals surface area contributed by atoms with E-state index < -0.39 is 11.9 Å². The van der Waals surface area contributed by atoms with E-state index in [1.165, 1.54) is 0 Å². The van der Waals surface area contributed by atoms with Crippen LogP contribution in [0, 0.1) is 6.92 Å². The molecule has 1 aromatic carbocycles. The van der Waals surface area contributed by atoms with Gasteiger partial charge in [0.05, 0.1) is 0 Å². The Kier molecular flexibility index (Phi) is 2.52. The van der Waals surface area contributed by atoms with Crippen molar-refractivity contribution in [2.24, 2.45) is 0 Å². The van der Waals surface area contributed by atoms with Gasteiger partial charge in [0.15, 0.2) is 0 Å². The van der Waals surface area contributed by atoms with E-state index in [0.717, 1.165) is 11.1 Å². The summed E-state index contributed by atoms with van der Waals surface area (Å²) in [7, 11) is 0. The Balaban J connectivity index is 2.45. The summed E-state index contributed by atoms with van der Waals surface area (Å²) >= 11 is 0. The first-order valence-electron chi connectivity index (χ1n) is 4.74. The molecule has 0 aliphatic carbocycles. The van der Waals surface area contributed by atoms with E-state index in [1.807, 2.05) is 19.1 Å². The van der Waals surface area contributed by atoms with Crippen molar-refractivity contribution in [1.29, 1.82) is 0 Å². The molecule has 0 spiro atoms. The number of halogens is 3. The summed E-state index contributed by atoms with van der Waals surface area (Å²) in [6, 6.07) is 7.22. The Morgan fingerprint density at radius 2 is 1.94 bits per heavy atom. The fourth-order valence-electron chi connectivity index (χ4n) is 1.56. The van der Waals surface area contributed by atoms with Crippen LogP contribution in [-0.4, -0.2) is 12.8 Å². The molecule has 84 valence electrons. The monoisotopic (exact) mass is 226 g/mol. The molecule has 4 heteroatoms. The Hall–Kier alpha value is -1.67. The Morgan fingerprint density at radius 1 is 1.25 bits per heavy atom. The maximum atomic E-state index is 12.3. The van der Waals surface area contributed by atoms with Crippen LogP contribution in [0.5, 0.6) is 0 Å². The summed E-state index contributed by atoms with van der Waals surface area (Å²) in [4.78, 5) is 0. The van der Waals surface area contributed by atoms with E-state index in [1.54, 1.807) is 12.1 Å². The van der Waals surface area contributed by atoms with Crippen LogP contribution >= 0.6 is 0 Å². The second-order valence-electron chi connectivity index (χ2n) is 3.53. The van der Waals surface area contributed by atoms with Gasteiger partial charge >= 0.3 is 6.18 Å². The molecule has 0 N–H and O–H groups in total. The zero-order valence-electron chi connectivity index (χ0n) is 8.56. The van der Waals surface area contributed by atoms with Crippen molar-refractivity contribution in [3.63, 3.8) is 0 Å². The molecule has 0 amide bonds. The first-order valence-corrected chi connectivity index (χ1v) is 4.74. The van der Waals surface area contributed by atoms with Gasteiger partial charge in [0.25, 0.3) is 0 Å². The van der Waals surface area contributed by atoms with Crippen molar-refractivity contribution >= 4 is 5.57 Å². The van der Waals surface area contributed by atoms with Gasteiger partial charge in [-0.2, -0.15) is 13.2 Å². The van der Waals surface area contributed by atoms with Gasteiger partial charge in [0.2, 0.25) is 5.76 Å². The van der Waals surface area contributed by atoms with Gasteiger partial charge in [-0.1, -0.05) is 30.0 Å². The van der Waals surface area contributed by atoms with Gasteiger partial charge < -0.3 is 4.74 Å². The van der Waals surface area contributed by atoms with E-state index in [2.05, 4.69) is 10.5 Å². The van der Waals surface area contributed by atoms with Crippen LogP contribution in [0.4, 0.5) is 13.2 Å². The number of aryl methyl sites for hydroxylation is 1. The van der Waals surface area contributed by atoms with E-state index in [0.29, 0.717) is 5.57 Å². The molecule has 0 fully saturated rings. The highest BCUT2D eigenvalue weighted by Crippen LogP contribution is 2.32. The molecule has 0 bridgehead atoms. The number of rotatable bonds is 1. The van der Waals surface area contributed by atoms with Crippen LogP contribution in [0.1, 0.15) is 11.1 Å². The van der Waals surface area contributed by atoms with E-state index in [-0.39, 0.29) is 6.61 Å². The normalized spacial score (nSPS) is 15.5. The topological polar surface area (TPSA) is 9.23 Å². The quantitative estimate of drug-likeness (QED) is 0.666. The predicted molar refractivity (Wildman–Crippen MR) is 53.6 cm³/mol. The lowest BCUT2D eigenvalue weighted by atomic mass is 10.0. The number of benzene rings is 1. The molecule has 16 heavy (non-hydrogen) atoms. The summed E-state index contributed by atoms with van der Waals surface area (Å²) in [5.74, 6) is -1.04. The molecule has 1 aliphatic heterocycles. The molecule has 1 aromatic rings. The van der Waals surface area contributed by atoms with Crippen molar-refractivity contribution in [2.75, 3.05) is 6.61 Å². The highest BCUT2D eigenvalue weighted by Gasteiger charge is 2.38. The highest BCUT2D eigenvalue weighted by atomic mass is 19.4. The molecule has 0 saturated carbocycles. The number of hydrogen-bond acceptors (Lipinski definition) is 1. The Morgan fingerprint density at radius 3 is 2.50 bits per heavy atom. The Bertz CT molecular complexity index is 479. The lowest BCUT2D eigenvalue weighted by Crippen LogP contribution is -2.11. The van der Waals surface area contributed by atoms with Crippen molar-refractivity contribution < 1.29 is 17.9 Å². The Labute approximate surface area is 90.8 Å². The highest BCUT2D eigenvalue weighted by molar-refractivity contribution is 5.70. The van der Waals surface area contributed by atoms with Crippen molar-refractivity contribution in [2.45, 2.75) is 13.1 Å². The summed E-state index contributed by atoms with van der Waals surface area (Å²) in [6.45, 7) is 1.77. The molecule has 0 aromatic heterocycles. The average Bonchev–Trinajstić information content (AvgIpc) is 2.66. The molecule has 0 radical (unpaired) electrons. The van der Waals surface area contributed by atoms with E-state index in [9.17, 15) is 13.2 Å². The van der Waals surface area contributed by atoms with Crippen molar-refractivity contribution in [3.8, 4) is 0 Å². The predicted octanol–water partition coefficient (Wildman–Crippen LogP) is 3.45. The van der Waals surface area contributed by atoms with Crippen LogP contribution in [0.25, 0.3) is 5.57 Å². The van der Waals surface area contributed by atoms with Gasteiger partial charge in [-0.3, -0.25) is 0 Å². The van der Waals surface area contributed by atoms with Gasteiger partial charge in [0, 0.05) is 5.57 Å². The molecule has 0 saturated heterocycles.